The van der Waals surface area contributed by atoms with Crippen molar-refractivity contribution in [3.63, 3.8) is 0 Å². The molecule has 15 heavy (non-hydrogen) atoms. The van der Waals surface area contributed by atoms with Crippen LogP contribution >= 0.6 is 27.3 Å². The summed E-state index contributed by atoms with van der Waals surface area (Å²) in [4.78, 5) is 2.45. The Balaban J connectivity index is 1.99. The molecule has 0 aliphatic carbocycles. The average molecular weight is 290 g/mol. The lowest BCUT2D eigenvalue weighted by Gasteiger charge is -2.23. The fourth-order valence-corrected chi connectivity index (χ4v) is 3.41. The molecule has 2 nitrogen and oxygen atoms in total. The monoisotopic (exact) mass is 289 g/mol. The van der Waals surface area contributed by atoms with Gasteiger partial charge >= 0.3 is 0 Å². The third-order valence-corrected chi connectivity index (χ3v) is 5.16. The molecule has 0 spiro atoms. The lowest BCUT2D eigenvalue weighted by atomic mass is 10.0. The van der Waals surface area contributed by atoms with Crippen molar-refractivity contribution in [2.24, 2.45) is 5.92 Å². The molecule has 0 amide bonds. The van der Waals surface area contributed by atoms with Gasteiger partial charge in [0.25, 0.3) is 0 Å². The van der Waals surface area contributed by atoms with Gasteiger partial charge in [-0.1, -0.05) is 0 Å². The molecule has 2 rings (SSSR count). The van der Waals surface area contributed by atoms with Gasteiger partial charge in [-0.25, -0.2) is 0 Å². The average Bonchev–Trinajstić information content (AvgIpc) is 2.77. The lowest BCUT2D eigenvalue weighted by Crippen LogP contribution is -2.30. The summed E-state index contributed by atoms with van der Waals surface area (Å²) >= 11 is 5.30. The minimum Gasteiger partial charge on any atom is -0.396 e. The fraction of sp³-hybridized carbons (Fsp3) is 0.636. The summed E-state index contributed by atoms with van der Waals surface area (Å²) in [5.74, 6) is 0.461. The van der Waals surface area contributed by atoms with Gasteiger partial charge in [0, 0.05) is 19.2 Å². The van der Waals surface area contributed by atoms with E-state index in [1.54, 1.807) is 11.3 Å². The number of hydrogen-bond acceptors (Lipinski definition) is 3. The number of likely N-dealkylation sites (tertiary alicyclic amines) is 1. The van der Waals surface area contributed by atoms with Gasteiger partial charge in [-0.15, -0.1) is 11.3 Å². The molecule has 0 saturated carbocycles. The Morgan fingerprint density at radius 3 is 3.00 bits per heavy atom. The zero-order valence-corrected chi connectivity index (χ0v) is 11.2. The SMILES string of the molecule is CC1C(CO)CCN1Cc1ccsc1Br. The molecule has 0 aromatic carbocycles. The Bertz CT molecular complexity index is 328. The van der Waals surface area contributed by atoms with Gasteiger partial charge < -0.3 is 5.11 Å². The van der Waals surface area contributed by atoms with E-state index in [2.05, 4.69) is 39.2 Å². The first-order valence-electron chi connectivity index (χ1n) is 5.29. The highest BCUT2D eigenvalue weighted by Gasteiger charge is 2.30. The van der Waals surface area contributed by atoms with Crippen molar-refractivity contribution in [2.75, 3.05) is 13.2 Å². The second kappa shape index (κ2) is 4.95. The highest BCUT2D eigenvalue weighted by atomic mass is 79.9. The van der Waals surface area contributed by atoms with Crippen molar-refractivity contribution in [1.82, 2.24) is 4.90 Å². The van der Waals surface area contributed by atoms with E-state index in [1.807, 2.05) is 0 Å². The number of rotatable bonds is 3. The molecule has 1 aromatic heterocycles. The Hall–Kier alpha value is 0.100. The van der Waals surface area contributed by atoms with Crippen LogP contribution in [-0.4, -0.2) is 29.2 Å². The Kier molecular flexibility index (Phi) is 3.83. The van der Waals surface area contributed by atoms with Gasteiger partial charge in [-0.2, -0.15) is 0 Å². The first-order valence-corrected chi connectivity index (χ1v) is 6.96. The van der Waals surface area contributed by atoms with Crippen LogP contribution in [0.4, 0.5) is 0 Å². The molecule has 0 radical (unpaired) electrons. The quantitative estimate of drug-likeness (QED) is 0.925. The first-order chi connectivity index (χ1) is 7.22. The van der Waals surface area contributed by atoms with Crippen LogP contribution in [0.1, 0.15) is 18.9 Å². The summed E-state index contributed by atoms with van der Waals surface area (Å²) in [5, 5.41) is 11.3. The van der Waals surface area contributed by atoms with Crippen LogP contribution in [0.15, 0.2) is 15.2 Å². The Morgan fingerprint density at radius 2 is 2.47 bits per heavy atom. The molecule has 2 unspecified atom stereocenters. The van der Waals surface area contributed by atoms with Crippen LogP contribution < -0.4 is 0 Å². The number of aliphatic hydroxyl groups is 1. The largest absolute Gasteiger partial charge is 0.396 e. The predicted octanol–water partition coefficient (Wildman–Crippen LogP) is 2.71. The second-order valence-electron chi connectivity index (χ2n) is 4.16. The van der Waals surface area contributed by atoms with E-state index >= 15 is 0 Å². The maximum Gasteiger partial charge on any atom is 0.0743 e. The maximum absolute atomic E-state index is 9.20. The molecule has 84 valence electrons. The van der Waals surface area contributed by atoms with Crippen LogP contribution in [0.5, 0.6) is 0 Å². The summed E-state index contributed by atoms with van der Waals surface area (Å²) in [5.41, 5.74) is 1.37. The van der Waals surface area contributed by atoms with Crippen LogP contribution in [0, 0.1) is 5.92 Å². The van der Waals surface area contributed by atoms with E-state index in [0.717, 1.165) is 19.5 Å². The van der Waals surface area contributed by atoms with Crippen molar-refractivity contribution in [1.29, 1.82) is 0 Å². The summed E-state index contributed by atoms with van der Waals surface area (Å²) in [6.07, 6.45) is 1.12. The number of aliphatic hydroxyl groups excluding tert-OH is 1. The molecule has 1 fully saturated rings. The van der Waals surface area contributed by atoms with Gasteiger partial charge in [-0.05, 0) is 58.7 Å². The van der Waals surface area contributed by atoms with E-state index in [0.29, 0.717) is 18.6 Å². The number of hydrogen-bond donors (Lipinski definition) is 1. The molecular weight excluding hydrogens is 274 g/mol. The first kappa shape index (κ1) is 11.6. The van der Waals surface area contributed by atoms with Crippen molar-refractivity contribution in [2.45, 2.75) is 25.9 Å². The maximum atomic E-state index is 9.20. The van der Waals surface area contributed by atoms with Gasteiger partial charge in [-0.3, -0.25) is 4.90 Å². The topological polar surface area (TPSA) is 23.5 Å². The van der Waals surface area contributed by atoms with Crippen molar-refractivity contribution >= 4 is 27.3 Å². The number of nitrogens with zero attached hydrogens (tertiary/aromatic N) is 1. The van der Waals surface area contributed by atoms with Gasteiger partial charge in [0.1, 0.15) is 0 Å². The molecular formula is C11H16BrNOS. The molecule has 1 aliphatic heterocycles. The Labute approximate surface area is 103 Å². The smallest absolute Gasteiger partial charge is 0.0743 e. The van der Waals surface area contributed by atoms with E-state index < -0.39 is 0 Å². The van der Waals surface area contributed by atoms with E-state index in [-0.39, 0.29) is 0 Å². The minimum absolute atomic E-state index is 0.322. The number of thiophene rings is 1. The molecule has 4 heteroatoms. The molecule has 1 saturated heterocycles. The molecule has 1 N–H and O–H groups in total. The summed E-state index contributed by atoms with van der Waals surface area (Å²) in [6, 6.07) is 2.68. The van der Waals surface area contributed by atoms with Crippen LogP contribution in [0.25, 0.3) is 0 Å². The van der Waals surface area contributed by atoms with Gasteiger partial charge in [0.2, 0.25) is 0 Å². The van der Waals surface area contributed by atoms with Gasteiger partial charge in [0.05, 0.1) is 3.79 Å². The van der Waals surface area contributed by atoms with Gasteiger partial charge in [0.15, 0.2) is 0 Å². The minimum atomic E-state index is 0.322. The molecule has 0 bridgehead atoms. The predicted molar refractivity (Wildman–Crippen MR) is 67.1 cm³/mol. The summed E-state index contributed by atoms with van der Waals surface area (Å²) in [7, 11) is 0. The fourth-order valence-electron chi connectivity index (χ4n) is 2.19. The summed E-state index contributed by atoms with van der Waals surface area (Å²) < 4.78 is 1.24. The zero-order valence-electron chi connectivity index (χ0n) is 8.82. The lowest BCUT2D eigenvalue weighted by molar-refractivity contribution is 0.173. The van der Waals surface area contributed by atoms with E-state index in [1.165, 1.54) is 9.35 Å². The van der Waals surface area contributed by atoms with Crippen molar-refractivity contribution in [3.8, 4) is 0 Å². The van der Waals surface area contributed by atoms with E-state index in [9.17, 15) is 5.11 Å². The highest BCUT2D eigenvalue weighted by Crippen LogP contribution is 2.29. The molecule has 1 aliphatic rings. The second-order valence-corrected chi connectivity index (χ2v) is 6.40. The van der Waals surface area contributed by atoms with Crippen LogP contribution in [0.3, 0.4) is 0 Å². The molecule has 2 heterocycles. The molecule has 1 aromatic rings. The number of halogens is 1. The Morgan fingerprint density at radius 1 is 1.67 bits per heavy atom. The molecule has 2 atom stereocenters. The van der Waals surface area contributed by atoms with E-state index in [4.69, 9.17) is 0 Å². The third-order valence-electron chi connectivity index (χ3n) is 3.35. The van der Waals surface area contributed by atoms with Crippen LogP contribution in [0.2, 0.25) is 0 Å². The highest BCUT2D eigenvalue weighted by molar-refractivity contribution is 9.11. The normalized spacial score (nSPS) is 27.4. The zero-order chi connectivity index (χ0) is 10.8. The van der Waals surface area contributed by atoms with Crippen molar-refractivity contribution < 1.29 is 5.11 Å². The van der Waals surface area contributed by atoms with Crippen molar-refractivity contribution in [3.05, 3.63) is 20.8 Å². The third kappa shape index (κ3) is 2.44. The standard InChI is InChI=1S/C11H16BrNOS/c1-8-10(7-14)2-4-13(8)6-9-3-5-15-11(9)12/h3,5,8,10,14H,2,4,6-7H2,1H3. The summed E-state index contributed by atoms with van der Waals surface area (Å²) in [6.45, 7) is 4.65. The van der Waals surface area contributed by atoms with Crippen LogP contribution in [-0.2, 0) is 6.54 Å².